The van der Waals surface area contributed by atoms with Gasteiger partial charge in [0.05, 0.1) is 31.0 Å². The third-order valence-electron chi connectivity index (χ3n) is 4.76. The van der Waals surface area contributed by atoms with E-state index in [1.807, 2.05) is 0 Å². The Hall–Kier alpha value is -4.04. The molecule has 0 amide bonds. The van der Waals surface area contributed by atoms with E-state index in [0.29, 0.717) is 0 Å². The summed E-state index contributed by atoms with van der Waals surface area (Å²) in [5.41, 5.74) is -0.686. The predicted octanol–water partition coefficient (Wildman–Crippen LogP) is 3.72. The number of sulfonamides is 2. The van der Waals surface area contributed by atoms with E-state index >= 15 is 0 Å². The number of nitro groups is 2. The third-order valence-corrected chi connectivity index (χ3v) is 7.77. The Bertz CT molecular complexity index is 1400. The SMILES string of the molecule is Cc1ccc([N+](=O)[O-])cc1S(=O)(=O)Nc1ccccc1NS(=O)(=O)c1cc([N+](=O)[O-])ccc1C. The van der Waals surface area contributed by atoms with E-state index in [0.717, 1.165) is 24.3 Å². The van der Waals surface area contributed by atoms with Crippen LogP contribution >= 0.6 is 0 Å². The molecule has 12 nitrogen and oxygen atoms in total. The van der Waals surface area contributed by atoms with Crippen LogP contribution < -0.4 is 9.44 Å². The standard InChI is InChI=1S/C20H18N4O8S2/c1-13-7-9-15(23(25)26)11-19(13)33(29,30)21-17-5-3-4-6-18(17)22-34(31,32)20-12-16(24(27)28)10-8-14(20)2/h3-12,21-22H,1-2H3. The van der Waals surface area contributed by atoms with Crippen LogP contribution in [0.4, 0.5) is 22.7 Å². The minimum atomic E-state index is -4.35. The first-order chi connectivity index (χ1) is 15.8. The molecule has 14 heteroatoms. The summed E-state index contributed by atoms with van der Waals surface area (Å²) in [6.45, 7) is 2.91. The van der Waals surface area contributed by atoms with Crippen molar-refractivity contribution in [1.29, 1.82) is 0 Å². The van der Waals surface area contributed by atoms with Crippen LogP contribution in [0.2, 0.25) is 0 Å². The van der Waals surface area contributed by atoms with Gasteiger partial charge >= 0.3 is 0 Å². The first kappa shape index (κ1) is 24.6. The first-order valence-corrected chi connectivity index (χ1v) is 12.4. The van der Waals surface area contributed by atoms with Crippen molar-refractivity contribution >= 4 is 42.8 Å². The van der Waals surface area contributed by atoms with Gasteiger partial charge in [0.2, 0.25) is 0 Å². The van der Waals surface area contributed by atoms with E-state index in [1.165, 1.54) is 50.2 Å². The van der Waals surface area contributed by atoms with Gasteiger partial charge in [-0.1, -0.05) is 24.3 Å². The zero-order chi connectivity index (χ0) is 25.3. The van der Waals surface area contributed by atoms with Crippen LogP contribution in [0.3, 0.4) is 0 Å². The van der Waals surface area contributed by atoms with Crippen molar-refractivity contribution in [3.05, 3.63) is 92.0 Å². The van der Waals surface area contributed by atoms with Gasteiger partial charge in [-0.25, -0.2) is 16.8 Å². The van der Waals surface area contributed by atoms with E-state index in [9.17, 15) is 37.1 Å². The maximum absolute atomic E-state index is 13.0. The summed E-state index contributed by atoms with van der Waals surface area (Å²) in [5.74, 6) is 0. The Morgan fingerprint density at radius 1 is 0.647 bits per heavy atom. The van der Waals surface area contributed by atoms with E-state index in [-0.39, 0.29) is 32.3 Å². The van der Waals surface area contributed by atoms with Gasteiger partial charge in [-0.15, -0.1) is 0 Å². The smallest absolute Gasteiger partial charge is 0.270 e. The third kappa shape index (κ3) is 5.13. The molecule has 0 aliphatic heterocycles. The molecular weight excluding hydrogens is 488 g/mol. The summed E-state index contributed by atoms with van der Waals surface area (Å²) in [4.78, 5) is 19.9. The van der Waals surface area contributed by atoms with E-state index in [4.69, 9.17) is 0 Å². The lowest BCUT2D eigenvalue weighted by molar-refractivity contribution is -0.385. The normalized spacial score (nSPS) is 11.6. The minimum Gasteiger partial charge on any atom is -0.277 e. The number of anilines is 2. The lowest BCUT2D eigenvalue weighted by Crippen LogP contribution is -2.19. The topological polar surface area (TPSA) is 179 Å². The molecule has 0 radical (unpaired) electrons. The van der Waals surface area contributed by atoms with E-state index in [2.05, 4.69) is 9.44 Å². The first-order valence-electron chi connectivity index (χ1n) is 9.46. The van der Waals surface area contributed by atoms with E-state index in [1.54, 1.807) is 0 Å². The van der Waals surface area contributed by atoms with Crippen molar-refractivity contribution in [2.24, 2.45) is 0 Å². The van der Waals surface area contributed by atoms with Crippen LogP contribution in [0.25, 0.3) is 0 Å². The molecule has 3 rings (SSSR count). The van der Waals surface area contributed by atoms with E-state index < -0.39 is 41.3 Å². The summed E-state index contributed by atoms with van der Waals surface area (Å²) >= 11 is 0. The fourth-order valence-electron chi connectivity index (χ4n) is 3.04. The number of hydrogen-bond donors (Lipinski definition) is 2. The van der Waals surface area contributed by atoms with Crippen LogP contribution in [-0.4, -0.2) is 26.7 Å². The number of nitrogens with one attached hydrogen (secondary N) is 2. The average Bonchev–Trinajstić information content (AvgIpc) is 2.74. The number of rotatable bonds is 8. The van der Waals surface area contributed by atoms with Crippen LogP contribution in [0.15, 0.2) is 70.5 Å². The fourth-order valence-corrected chi connectivity index (χ4v) is 5.73. The largest absolute Gasteiger partial charge is 0.277 e. The van der Waals surface area contributed by atoms with Crippen molar-refractivity contribution in [2.75, 3.05) is 9.44 Å². The second-order valence-corrected chi connectivity index (χ2v) is 10.5. The maximum atomic E-state index is 13.0. The number of non-ortho nitro benzene ring substituents is 2. The number of hydrogen-bond acceptors (Lipinski definition) is 8. The van der Waals surface area contributed by atoms with Crippen molar-refractivity contribution in [3.63, 3.8) is 0 Å². The Kier molecular flexibility index (Phi) is 6.56. The quantitative estimate of drug-likeness (QED) is 0.343. The van der Waals surface area contributed by atoms with Crippen LogP contribution in [0.1, 0.15) is 11.1 Å². The minimum absolute atomic E-state index is 0.153. The Labute approximate surface area is 194 Å². The summed E-state index contributed by atoms with van der Waals surface area (Å²) < 4.78 is 56.4. The zero-order valence-corrected chi connectivity index (χ0v) is 19.4. The maximum Gasteiger partial charge on any atom is 0.270 e. The van der Waals surface area contributed by atoms with Gasteiger partial charge in [-0.2, -0.15) is 0 Å². The molecule has 3 aromatic carbocycles. The summed E-state index contributed by atoms with van der Waals surface area (Å²) in [7, 11) is -8.69. The van der Waals surface area contributed by atoms with Gasteiger partial charge in [0.15, 0.2) is 0 Å². The molecule has 2 N–H and O–H groups in total. The number of nitro benzene ring substituents is 2. The fraction of sp³-hybridized carbons (Fsp3) is 0.100. The molecule has 0 bridgehead atoms. The number of para-hydroxylation sites is 2. The molecule has 0 heterocycles. The van der Waals surface area contributed by atoms with Crippen molar-refractivity contribution in [1.82, 2.24) is 0 Å². The predicted molar refractivity (Wildman–Crippen MR) is 124 cm³/mol. The molecule has 0 aliphatic carbocycles. The average molecular weight is 507 g/mol. The molecule has 0 fully saturated rings. The molecule has 0 spiro atoms. The molecule has 3 aromatic rings. The Balaban J connectivity index is 2.01. The summed E-state index contributed by atoms with van der Waals surface area (Å²) in [6, 6.07) is 12.2. The monoisotopic (exact) mass is 506 g/mol. The zero-order valence-electron chi connectivity index (χ0n) is 17.8. The number of aryl methyl sites for hydroxylation is 2. The highest BCUT2D eigenvalue weighted by Crippen LogP contribution is 2.30. The van der Waals surface area contributed by atoms with Gasteiger partial charge in [-0.05, 0) is 37.1 Å². The molecule has 0 unspecified atom stereocenters. The van der Waals surface area contributed by atoms with Gasteiger partial charge in [-0.3, -0.25) is 29.7 Å². The van der Waals surface area contributed by atoms with Crippen LogP contribution in [0, 0.1) is 34.1 Å². The lowest BCUT2D eigenvalue weighted by Gasteiger charge is -2.16. The summed E-state index contributed by atoms with van der Waals surface area (Å²) in [5, 5.41) is 22.1. The van der Waals surface area contributed by atoms with Crippen molar-refractivity contribution in [2.45, 2.75) is 23.6 Å². The van der Waals surface area contributed by atoms with Gasteiger partial charge < -0.3 is 0 Å². The second kappa shape index (κ2) is 9.07. The Morgan fingerprint density at radius 2 is 1.00 bits per heavy atom. The van der Waals surface area contributed by atoms with Crippen molar-refractivity contribution < 1.29 is 26.7 Å². The highest BCUT2D eigenvalue weighted by Gasteiger charge is 2.25. The number of benzene rings is 3. The second-order valence-electron chi connectivity index (χ2n) is 7.17. The highest BCUT2D eigenvalue weighted by molar-refractivity contribution is 7.93. The van der Waals surface area contributed by atoms with Crippen LogP contribution in [-0.2, 0) is 20.0 Å². The summed E-state index contributed by atoms with van der Waals surface area (Å²) in [6.07, 6.45) is 0. The lowest BCUT2D eigenvalue weighted by atomic mass is 10.2. The molecule has 0 atom stereocenters. The van der Waals surface area contributed by atoms with Crippen molar-refractivity contribution in [3.8, 4) is 0 Å². The van der Waals surface area contributed by atoms with Gasteiger partial charge in [0.1, 0.15) is 0 Å². The molecule has 0 aromatic heterocycles. The molecule has 0 aliphatic rings. The highest BCUT2D eigenvalue weighted by atomic mass is 32.2. The van der Waals surface area contributed by atoms with Crippen LogP contribution in [0.5, 0.6) is 0 Å². The number of nitrogens with zero attached hydrogens (tertiary/aromatic N) is 2. The molecule has 34 heavy (non-hydrogen) atoms. The molecular formula is C20H18N4O8S2. The van der Waals surface area contributed by atoms with Gasteiger partial charge in [0.25, 0.3) is 31.4 Å². The molecule has 0 saturated heterocycles. The Morgan fingerprint density at radius 3 is 1.32 bits per heavy atom. The molecule has 178 valence electrons. The molecule has 0 saturated carbocycles. The van der Waals surface area contributed by atoms with Gasteiger partial charge in [0, 0.05) is 24.3 Å².